The molecule has 1 amide bonds. The molecule has 4 rings (SSSR count). The summed E-state index contributed by atoms with van der Waals surface area (Å²) in [5.41, 5.74) is -0.0585. The van der Waals surface area contributed by atoms with E-state index in [-0.39, 0.29) is 17.8 Å². The summed E-state index contributed by atoms with van der Waals surface area (Å²) in [6.07, 6.45) is 2.76. The zero-order chi connectivity index (χ0) is 25.9. The quantitative estimate of drug-likeness (QED) is 0.454. The van der Waals surface area contributed by atoms with Gasteiger partial charge in [-0.1, -0.05) is 0 Å². The van der Waals surface area contributed by atoms with Gasteiger partial charge in [0.2, 0.25) is 5.88 Å². The number of hydrogen-bond acceptors (Lipinski definition) is 7. The molecular formula is C26H26F2N4O4. The standard InChI is InChI=1S/C26H26F2N4O4/c1-26(2,3)36-25(33)32-10-8-16(9-11-32)15-34-23-14-30-21-7-4-17(12-22(21)31-23)35-24-18(13-29)19(27)5-6-20(24)28/h4-7,12,14,16H,8-11,15H2,1-3H3. The van der Waals surface area contributed by atoms with Gasteiger partial charge >= 0.3 is 6.09 Å². The van der Waals surface area contributed by atoms with Crippen LogP contribution < -0.4 is 9.47 Å². The molecule has 2 heterocycles. The van der Waals surface area contributed by atoms with Crippen LogP contribution in [0.4, 0.5) is 13.6 Å². The minimum absolute atomic E-state index is 0.171. The number of benzene rings is 2. The maximum atomic E-state index is 14.2. The normalized spacial score (nSPS) is 14.4. The zero-order valence-corrected chi connectivity index (χ0v) is 20.3. The van der Waals surface area contributed by atoms with Crippen molar-refractivity contribution in [1.29, 1.82) is 5.26 Å². The van der Waals surface area contributed by atoms with Crippen molar-refractivity contribution in [3.05, 3.63) is 53.7 Å². The van der Waals surface area contributed by atoms with Crippen LogP contribution in [0.15, 0.2) is 36.5 Å². The zero-order valence-electron chi connectivity index (χ0n) is 20.3. The first-order chi connectivity index (χ1) is 17.1. The van der Waals surface area contributed by atoms with Crippen LogP contribution >= 0.6 is 0 Å². The van der Waals surface area contributed by atoms with E-state index in [1.807, 2.05) is 20.8 Å². The molecule has 0 radical (unpaired) electrons. The Morgan fingerprint density at radius 3 is 2.56 bits per heavy atom. The summed E-state index contributed by atoms with van der Waals surface area (Å²) in [5.74, 6) is -1.49. The summed E-state index contributed by atoms with van der Waals surface area (Å²) in [5, 5.41) is 9.16. The lowest BCUT2D eigenvalue weighted by atomic mass is 9.98. The largest absolute Gasteiger partial charge is 0.476 e. The highest BCUT2D eigenvalue weighted by Crippen LogP contribution is 2.31. The van der Waals surface area contributed by atoms with Crippen molar-refractivity contribution in [1.82, 2.24) is 14.9 Å². The number of aromatic nitrogens is 2. The van der Waals surface area contributed by atoms with Gasteiger partial charge in [-0.15, -0.1) is 0 Å². The maximum absolute atomic E-state index is 14.2. The number of piperidine rings is 1. The smallest absolute Gasteiger partial charge is 0.410 e. The van der Waals surface area contributed by atoms with Crippen molar-refractivity contribution in [2.24, 2.45) is 5.92 Å². The SMILES string of the molecule is CC(C)(C)OC(=O)N1CCC(COc2cnc3ccc(Oc4c(F)ccc(F)c4C#N)cc3n2)CC1. The second-order valence-corrected chi connectivity index (χ2v) is 9.53. The third kappa shape index (κ3) is 5.97. The van der Waals surface area contributed by atoms with Crippen molar-refractivity contribution < 1.29 is 27.8 Å². The van der Waals surface area contributed by atoms with Gasteiger partial charge in [-0.2, -0.15) is 5.26 Å². The molecule has 36 heavy (non-hydrogen) atoms. The van der Waals surface area contributed by atoms with E-state index >= 15 is 0 Å². The molecule has 0 spiro atoms. The Hall–Kier alpha value is -4.00. The molecule has 2 aromatic carbocycles. The number of amides is 1. The number of carbonyl (C=O) groups excluding carboxylic acids is 1. The molecule has 188 valence electrons. The Morgan fingerprint density at radius 1 is 1.14 bits per heavy atom. The summed E-state index contributed by atoms with van der Waals surface area (Å²) < 4.78 is 44.8. The summed E-state index contributed by atoms with van der Waals surface area (Å²) in [4.78, 5) is 22.7. The van der Waals surface area contributed by atoms with Crippen LogP contribution in [0.5, 0.6) is 17.4 Å². The van der Waals surface area contributed by atoms with Crippen molar-refractivity contribution in [2.45, 2.75) is 39.2 Å². The van der Waals surface area contributed by atoms with Gasteiger partial charge in [-0.25, -0.2) is 23.5 Å². The van der Waals surface area contributed by atoms with Crippen molar-refractivity contribution in [2.75, 3.05) is 19.7 Å². The van der Waals surface area contributed by atoms with Gasteiger partial charge < -0.3 is 19.1 Å². The number of rotatable bonds is 5. The van der Waals surface area contributed by atoms with Gasteiger partial charge in [0, 0.05) is 19.2 Å². The van der Waals surface area contributed by atoms with Crippen molar-refractivity contribution in [3.8, 4) is 23.4 Å². The molecule has 1 fully saturated rings. The summed E-state index contributed by atoms with van der Waals surface area (Å²) >= 11 is 0. The Labute approximate surface area is 207 Å². The maximum Gasteiger partial charge on any atom is 0.410 e. The molecule has 0 atom stereocenters. The van der Waals surface area contributed by atoms with Crippen LogP contribution in [0.2, 0.25) is 0 Å². The summed E-state index contributed by atoms with van der Waals surface area (Å²) in [6, 6.07) is 8.06. The van der Waals surface area contributed by atoms with Crippen LogP contribution in [0.25, 0.3) is 11.0 Å². The molecule has 10 heteroatoms. The van der Waals surface area contributed by atoms with Gasteiger partial charge in [-0.3, -0.25) is 0 Å². The Morgan fingerprint density at radius 2 is 1.86 bits per heavy atom. The molecular weight excluding hydrogens is 470 g/mol. The number of ether oxygens (including phenoxy) is 3. The Bertz CT molecular complexity index is 1310. The van der Waals surface area contributed by atoms with Crippen LogP contribution in [-0.4, -0.2) is 46.3 Å². The van der Waals surface area contributed by atoms with Crippen LogP contribution in [0, 0.1) is 28.9 Å². The molecule has 3 aromatic rings. The van der Waals surface area contributed by atoms with Crippen LogP contribution in [-0.2, 0) is 4.74 Å². The van der Waals surface area contributed by atoms with E-state index in [1.54, 1.807) is 17.0 Å². The summed E-state index contributed by atoms with van der Waals surface area (Å²) in [6.45, 7) is 7.12. The molecule has 0 N–H and O–H groups in total. The molecule has 1 saturated heterocycles. The molecule has 0 bridgehead atoms. The van der Waals surface area contributed by atoms with E-state index in [1.165, 1.54) is 18.3 Å². The molecule has 8 nitrogen and oxygen atoms in total. The second-order valence-electron chi connectivity index (χ2n) is 9.53. The van der Waals surface area contributed by atoms with Gasteiger partial charge in [0.1, 0.15) is 28.8 Å². The first kappa shape index (κ1) is 25.1. The lowest BCUT2D eigenvalue weighted by Crippen LogP contribution is -2.42. The van der Waals surface area contributed by atoms with Gasteiger partial charge in [0.25, 0.3) is 0 Å². The minimum atomic E-state index is -0.873. The van der Waals surface area contributed by atoms with E-state index in [9.17, 15) is 13.6 Å². The average Bonchev–Trinajstić information content (AvgIpc) is 2.84. The fourth-order valence-electron chi connectivity index (χ4n) is 3.77. The molecule has 1 aromatic heterocycles. The number of nitriles is 1. The first-order valence-electron chi connectivity index (χ1n) is 11.6. The second kappa shape index (κ2) is 10.3. The molecule has 1 aliphatic heterocycles. The summed E-state index contributed by atoms with van der Waals surface area (Å²) in [7, 11) is 0. The van der Waals surface area contributed by atoms with Crippen LogP contribution in [0.3, 0.4) is 0 Å². The van der Waals surface area contributed by atoms with E-state index in [2.05, 4.69) is 9.97 Å². The number of halogens is 2. The third-order valence-electron chi connectivity index (χ3n) is 5.62. The fraction of sp³-hybridized carbons (Fsp3) is 0.385. The number of hydrogen-bond donors (Lipinski definition) is 0. The topological polar surface area (TPSA) is 97.6 Å². The minimum Gasteiger partial charge on any atom is -0.476 e. The molecule has 0 aliphatic carbocycles. The van der Waals surface area contributed by atoms with E-state index in [0.717, 1.165) is 25.0 Å². The highest BCUT2D eigenvalue weighted by atomic mass is 19.1. The average molecular weight is 497 g/mol. The van der Waals surface area contributed by atoms with Crippen molar-refractivity contribution >= 4 is 17.1 Å². The predicted molar refractivity (Wildman–Crippen MR) is 127 cm³/mol. The first-order valence-corrected chi connectivity index (χ1v) is 11.6. The lowest BCUT2D eigenvalue weighted by molar-refractivity contribution is 0.0164. The highest BCUT2D eigenvalue weighted by Gasteiger charge is 2.27. The van der Waals surface area contributed by atoms with Crippen molar-refractivity contribution in [3.63, 3.8) is 0 Å². The number of fused-ring (bicyclic) bond motifs is 1. The Balaban J connectivity index is 1.39. The van der Waals surface area contributed by atoms with Gasteiger partial charge in [-0.05, 0) is 63.8 Å². The van der Waals surface area contributed by atoms with Gasteiger partial charge in [0.15, 0.2) is 11.6 Å². The fourth-order valence-corrected chi connectivity index (χ4v) is 3.77. The molecule has 0 unspecified atom stereocenters. The van der Waals surface area contributed by atoms with Gasteiger partial charge in [0.05, 0.1) is 23.8 Å². The monoisotopic (exact) mass is 496 g/mol. The predicted octanol–water partition coefficient (Wildman–Crippen LogP) is 5.60. The number of carbonyl (C=O) groups is 1. The Kier molecular flexibility index (Phi) is 7.20. The number of likely N-dealkylation sites (tertiary alicyclic amines) is 1. The van der Waals surface area contributed by atoms with E-state index in [4.69, 9.17) is 19.5 Å². The lowest BCUT2D eigenvalue weighted by Gasteiger charge is -2.33. The van der Waals surface area contributed by atoms with E-state index < -0.39 is 28.5 Å². The molecule has 0 saturated carbocycles. The molecule has 1 aliphatic rings. The number of nitrogens with zero attached hydrogens (tertiary/aromatic N) is 4. The van der Waals surface area contributed by atoms with E-state index in [0.29, 0.717) is 36.6 Å². The van der Waals surface area contributed by atoms with Crippen LogP contribution in [0.1, 0.15) is 39.2 Å². The highest BCUT2D eigenvalue weighted by molar-refractivity contribution is 5.76. The third-order valence-corrected chi connectivity index (χ3v) is 5.62.